The molecule has 0 aliphatic carbocycles. The van der Waals surface area contributed by atoms with E-state index in [0.29, 0.717) is 0 Å². The number of rotatable bonds is 14. The summed E-state index contributed by atoms with van der Waals surface area (Å²) >= 11 is 0. The van der Waals surface area contributed by atoms with Crippen LogP contribution in [0.4, 0.5) is 0 Å². The van der Waals surface area contributed by atoms with Gasteiger partial charge in [0.25, 0.3) is 0 Å². The molecule has 316 valence electrons. The second kappa shape index (κ2) is 17.0. The fraction of sp³-hybridized carbons (Fsp3) is 0.213. The summed E-state index contributed by atoms with van der Waals surface area (Å²) in [6.07, 6.45) is 12.4. The number of benzene rings is 8. The van der Waals surface area contributed by atoms with Gasteiger partial charge in [-0.25, -0.2) is 0 Å². The molecule has 0 aliphatic heterocycles. The summed E-state index contributed by atoms with van der Waals surface area (Å²) in [6.45, 7) is 6.78. The highest BCUT2D eigenvalue weighted by Crippen LogP contribution is 2.41. The minimum atomic E-state index is 1.11. The topological polar surface area (TPSA) is 14.8 Å². The number of fused-ring (bicyclic) bond motifs is 9. The molecule has 3 aromatic heterocycles. The molecular formula is C61H57N3. The molecule has 0 saturated carbocycles. The first-order valence-corrected chi connectivity index (χ1v) is 23.9. The van der Waals surface area contributed by atoms with Gasteiger partial charge in [0.05, 0.1) is 38.8 Å². The van der Waals surface area contributed by atoms with E-state index in [1.807, 2.05) is 0 Å². The standard InChI is InChI=1S/C61H57N3/c1-4-6-8-11-19-43-29-34-58-52(38-43)51-37-42(3)27-33-57(51)63(58)47-31-36-60-54(41-47)49-24-16-18-26-56(49)64(60)55-25-17-15-23-48(55)45-30-35-59-53(40-45)50-32-28-44(20-12-9-7-5-2)39-61(50)62(59)46-21-13-10-14-22-46/h10,13-18,21-41H,4-9,11-12,19-20H2,1-3H3. The average molecular weight is 832 g/mol. The molecule has 11 rings (SSSR count). The lowest BCUT2D eigenvalue weighted by atomic mass is 10.00. The summed E-state index contributed by atoms with van der Waals surface area (Å²) in [5.74, 6) is 0. The van der Waals surface area contributed by atoms with Crippen molar-refractivity contribution in [1.29, 1.82) is 0 Å². The molecule has 0 unspecified atom stereocenters. The van der Waals surface area contributed by atoms with E-state index < -0.39 is 0 Å². The molecule has 0 radical (unpaired) electrons. The first-order chi connectivity index (χ1) is 31.6. The average Bonchev–Trinajstić information content (AvgIpc) is 3.96. The fourth-order valence-corrected chi connectivity index (χ4v) is 10.6. The van der Waals surface area contributed by atoms with Crippen LogP contribution in [-0.4, -0.2) is 13.7 Å². The van der Waals surface area contributed by atoms with E-state index >= 15 is 0 Å². The Balaban J connectivity index is 1.05. The van der Waals surface area contributed by atoms with Gasteiger partial charge < -0.3 is 13.7 Å². The van der Waals surface area contributed by atoms with Gasteiger partial charge >= 0.3 is 0 Å². The molecule has 3 heterocycles. The Bertz CT molecular complexity index is 3480. The van der Waals surface area contributed by atoms with Crippen molar-refractivity contribution in [2.75, 3.05) is 0 Å². The van der Waals surface area contributed by atoms with Crippen LogP contribution in [0.2, 0.25) is 0 Å². The largest absolute Gasteiger partial charge is 0.309 e. The Labute approximate surface area is 377 Å². The van der Waals surface area contributed by atoms with Gasteiger partial charge in [0.2, 0.25) is 0 Å². The van der Waals surface area contributed by atoms with Gasteiger partial charge in [0, 0.05) is 49.3 Å². The van der Waals surface area contributed by atoms with Crippen molar-refractivity contribution in [3.63, 3.8) is 0 Å². The number of unbranched alkanes of at least 4 members (excludes halogenated alkanes) is 6. The molecule has 8 aromatic carbocycles. The summed E-state index contributed by atoms with van der Waals surface area (Å²) in [7, 11) is 0. The van der Waals surface area contributed by atoms with Crippen molar-refractivity contribution in [3.05, 3.63) is 187 Å². The van der Waals surface area contributed by atoms with Crippen molar-refractivity contribution in [1.82, 2.24) is 13.7 Å². The molecule has 0 N–H and O–H groups in total. The minimum Gasteiger partial charge on any atom is -0.309 e. The molecule has 0 amide bonds. The maximum atomic E-state index is 2.49. The van der Waals surface area contributed by atoms with Gasteiger partial charge in [0.1, 0.15) is 0 Å². The van der Waals surface area contributed by atoms with Gasteiger partial charge in [-0.15, -0.1) is 0 Å². The van der Waals surface area contributed by atoms with Crippen LogP contribution in [0, 0.1) is 6.92 Å². The molecular weight excluding hydrogens is 775 g/mol. The SMILES string of the molecule is CCCCCCc1ccc2c(c1)c1cc(C)ccc1n2-c1ccc2c(c1)c1ccccc1n2-c1ccccc1-c1ccc2c(c1)c1ccc(CCCCCC)cc1n2-c1ccccc1. The summed E-state index contributed by atoms with van der Waals surface area (Å²) in [4.78, 5) is 0. The first-order valence-electron chi connectivity index (χ1n) is 23.9. The van der Waals surface area contributed by atoms with Crippen molar-refractivity contribution < 1.29 is 0 Å². The highest BCUT2D eigenvalue weighted by Gasteiger charge is 2.20. The highest BCUT2D eigenvalue weighted by atomic mass is 15.0. The second-order valence-corrected chi connectivity index (χ2v) is 18.2. The summed E-state index contributed by atoms with van der Waals surface area (Å²) in [6, 6.07) is 64.3. The third-order valence-electron chi connectivity index (χ3n) is 13.8. The summed E-state index contributed by atoms with van der Waals surface area (Å²) in [5.41, 5.74) is 17.6. The molecule has 0 bridgehead atoms. The van der Waals surface area contributed by atoms with Crippen LogP contribution in [-0.2, 0) is 12.8 Å². The molecule has 3 heteroatoms. The minimum absolute atomic E-state index is 1.11. The lowest BCUT2D eigenvalue weighted by Crippen LogP contribution is -1.98. The van der Waals surface area contributed by atoms with E-state index in [-0.39, 0.29) is 0 Å². The molecule has 3 nitrogen and oxygen atoms in total. The maximum Gasteiger partial charge on any atom is 0.0543 e. The lowest BCUT2D eigenvalue weighted by Gasteiger charge is -2.15. The number of hydrogen-bond acceptors (Lipinski definition) is 0. The van der Waals surface area contributed by atoms with E-state index in [1.54, 1.807) is 0 Å². The number of para-hydroxylation sites is 3. The smallest absolute Gasteiger partial charge is 0.0543 e. The molecule has 64 heavy (non-hydrogen) atoms. The number of nitrogens with zero attached hydrogens (tertiary/aromatic N) is 3. The van der Waals surface area contributed by atoms with E-state index in [9.17, 15) is 0 Å². The number of aryl methyl sites for hydroxylation is 3. The fourth-order valence-electron chi connectivity index (χ4n) is 10.6. The third kappa shape index (κ3) is 6.99. The molecule has 11 aromatic rings. The molecule has 0 aliphatic rings. The van der Waals surface area contributed by atoms with Crippen LogP contribution >= 0.6 is 0 Å². The summed E-state index contributed by atoms with van der Waals surface area (Å²) in [5, 5.41) is 7.75. The Morgan fingerprint density at radius 2 is 0.906 bits per heavy atom. The van der Waals surface area contributed by atoms with E-state index in [1.165, 1.54) is 162 Å². The van der Waals surface area contributed by atoms with Gasteiger partial charge in [-0.3, -0.25) is 0 Å². The molecule has 0 saturated heterocycles. The predicted octanol–water partition coefficient (Wildman–Crippen LogP) is 17.2. The molecule has 0 fully saturated rings. The van der Waals surface area contributed by atoms with Crippen molar-refractivity contribution >= 4 is 65.4 Å². The third-order valence-corrected chi connectivity index (χ3v) is 13.8. The van der Waals surface area contributed by atoms with Crippen molar-refractivity contribution in [2.24, 2.45) is 0 Å². The van der Waals surface area contributed by atoms with E-state index in [0.717, 1.165) is 12.8 Å². The van der Waals surface area contributed by atoms with Gasteiger partial charge in [-0.05, 0) is 134 Å². The van der Waals surface area contributed by atoms with Crippen LogP contribution in [0.25, 0.3) is 93.6 Å². The van der Waals surface area contributed by atoms with Crippen LogP contribution in [0.1, 0.15) is 81.9 Å². The van der Waals surface area contributed by atoms with E-state index in [4.69, 9.17) is 0 Å². The number of hydrogen-bond donors (Lipinski definition) is 0. The van der Waals surface area contributed by atoms with Crippen LogP contribution in [0.3, 0.4) is 0 Å². The Morgan fingerprint density at radius 1 is 0.344 bits per heavy atom. The van der Waals surface area contributed by atoms with Gasteiger partial charge in [0.15, 0.2) is 0 Å². The molecule has 0 spiro atoms. The first kappa shape index (κ1) is 40.0. The summed E-state index contributed by atoms with van der Waals surface area (Å²) < 4.78 is 7.44. The lowest BCUT2D eigenvalue weighted by molar-refractivity contribution is 0.667. The quantitative estimate of drug-likeness (QED) is 0.0970. The van der Waals surface area contributed by atoms with Gasteiger partial charge in [-0.2, -0.15) is 0 Å². The van der Waals surface area contributed by atoms with Crippen LogP contribution in [0.5, 0.6) is 0 Å². The van der Waals surface area contributed by atoms with E-state index in [2.05, 4.69) is 204 Å². The van der Waals surface area contributed by atoms with Crippen molar-refractivity contribution in [3.8, 4) is 28.2 Å². The Hall–Kier alpha value is -6.84. The normalized spacial score (nSPS) is 12.0. The predicted molar refractivity (Wildman–Crippen MR) is 275 cm³/mol. The zero-order chi connectivity index (χ0) is 43.1. The zero-order valence-corrected chi connectivity index (χ0v) is 37.6. The monoisotopic (exact) mass is 831 g/mol. The number of aromatic nitrogens is 3. The van der Waals surface area contributed by atoms with Crippen LogP contribution < -0.4 is 0 Å². The van der Waals surface area contributed by atoms with Crippen molar-refractivity contribution in [2.45, 2.75) is 85.0 Å². The zero-order valence-electron chi connectivity index (χ0n) is 37.6. The van der Waals surface area contributed by atoms with Gasteiger partial charge in [-0.1, -0.05) is 143 Å². The Morgan fingerprint density at radius 3 is 1.70 bits per heavy atom. The second-order valence-electron chi connectivity index (χ2n) is 18.2. The maximum absolute atomic E-state index is 2.49. The Kier molecular flexibility index (Phi) is 10.6. The van der Waals surface area contributed by atoms with Crippen LogP contribution in [0.15, 0.2) is 170 Å². The molecule has 0 atom stereocenters. The highest BCUT2D eigenvalue weighted by molar-refractivity contribution is 6.14.